The second kappa shape index (κ2) is 10.4. The van der Waals surface area contributed by atoms with E-state index >= 15 is 0 Å². The summed E-state index contributed by atoms with van der Waals surface area (Å²) in [5, 5.41) is 2.81. The van der Waals surface area contributed by atoms with Crippen LogP contribution in [0.25, 0.3) is 0 Å². The Morgan fingerprint density at radius 3 is 2.59 bits per heavy atom. The molecule has 1 N–H and O–H groups in total. The van der Waals surface area contributed by atoms with Crippen molar-refractivity contribution in [1.82, 2.24) is 19.7 Å². The van der Waals surface area contributed by atoms with Gasteiger partial charge in [-0.1, -0.05) is 36.8 Å². The van der Waals surface area contributed by atoms with Gasteiger partial charge in [-0.25, -0.2) is 0 Å². The molecule has 1 aromatic carbocycles. The number of fused-ring (bicyclic) bond motifs is 4. The number of hydrogen-bond donors (Lipinski definition) is 1. The van der Waals surface area contributed by atoms with Crippen LogP contribution in [0.15, 0.2) is 41.3 Å². The number of aromatic nitrogens is 1. The summed E-state index contributed by atoms with van der Waals surface area (Å²) in [4.78, 5) is 43.8. The van der Waals surface area contributed by atoms with E-state index in [1.165, 1.54) is 13.3 Å². The number of nitrogens with one attached hydrogen (secondary N) is 1. The van der Waals surface area contributed by atoms with Gasteiger partial charge in [0.1, 0.15) is 11.7 Å². The molecule has 2 amide bonds. The fourth-order valence-electron chi connectivity index (χ4n) is 5.56. The zero-order valence-electron chi connectivity index (χ0n) is 19.8. The molecular formula is C25H31N4O4Re-. The van der Waals surface area contributed by atoms with Crippen LogP contribution in [0.2, 0.25) is 0 Å². The number of amides is 2. The van der Waals surface area contributed by atoms with Gasteiger partial charge in [-0.2, -0.15) is 0 Å². The molecule has 9 heteroatoms. The van der Waals surface area contributed by atoms with Crippen molar-refractivity contribution in [2.75, 3.05) is 20.7 Å². The summed E-state index contributed by atoms with van der Waals surface area (Å²) in [5.74, 6) is -0.249. The van der Waals surface area contributed by atoms with Crippen LogP contribution in [0, 0.1) is 13.3 Å². The molecule has 1 saturated heterocycles. The molecule has 2 aliphatic heterocycles. The molecular weight excluding hydrogens is 607 g/mol. The quantitative estimate of drug-likeness (QED) is 0.520. The van der Waals surface area contributed by atoms with Crippen LogP contribution in [0.5, 0.6) is 5.75 Å². The SMILES string of the molecule is COc1c2n(cc(C(=O)NCc3ccccc3)c1=O)C[C@H]1N(C)C[C@@H]3CCC[C@@H]3N1C2=O.[CH3-].[Re]. The normalized spacial score (nSPS) is 23.1. The van der Waals surface area contributed by atoms with E-state index in [0.717, 1.165) is 31.4 Å². The Kier molecular flexibility index (Phi) is 8.02. The van der Waals surface area contributed by atoms with Gasteiger partial charge in [0.15, 0.2) is 11.4 Å². The van der Waals surface area contributed by atoms with E-state index in [-0.39, 0.29) is 63.0 Å². The smallest absolute Gasteiger partial charge is 0.276 e. The number of nitrogens with zero attached hydrogens (tertiary/aromatic N) is 3. The second-order valence-corrected chi connectivity index (χ2v) is 8.97. The molecule has 34 heavy (non-hydrogen) atoms. The number of benzene rings is 1. The van der Waals surface area contributed by atoms with Crippen molar-refractivity contribution in [3.05, 3.63) is 71.0 Å². The summed E-state index contributed by atoms with van der Waals surface area (Å²) in [6, 6.07) is 9.70. The second-order valence-electron chi connectivity index (χ2n) is 8.97. The first-order valence-electron chi connectivity index (χ1n) is 11.2. The molecule has 1 aliphatic carbocycles. The number of likely N-dealkylation sites (N-methyl/N-ethyl adjacent to an activating group) is 1. The van der Waals surface area contributed by atoms with Gasteiger partial charge < -0.3 is 26.9 Å². The predicted octanol–water partition coefficient (Wildman–Crippen LogP) is 2.13. The van der Waals surface area contributed by atoms with Gasteiger partial charge in [0.2, 0.25) is 5.43 Å². The molecule has 0 bridgehead atoms. The summed E-state index contributed by atoms with van der Waals surface area (Å²) >= 11 is 0. The topological polar surface area (TPSA) is 83.9 Å². The number of carbonyl (C=O) groups excluding carboxylic acids is 2. The van der Waals surface area contributed by atoms with Crippen LogP contribution < -0.4 is 15.5 Å². The van der Waals surface area contributed by atoms with Crippen LogP contribution in [-0.4, -0.2) is 59.1 Å². The fraction of sp³-hybridized carbons (Fsp3) is 0.440. The number of hydrogen-bond acceptors (Lipinski definition) is 5. The fourth-order valence-corrected chi connectivity index (χ4v) is 5.56. The molecule has 183 valence electrons. The van der Waals surface area contributed by atoms with Crippen LogP contribution >= 0.6 is 0 Å². The average molecular weight is 638 g/mol. The van der Waals surface area contributed by atoms with E-state index in [4.69, 9.17) is 4.74 Å². The van der Waals surface area contributed by atoms with Gasteiger partial charge in [0, 0.05) is 45.8 Å². The first kappa shape index (κ1) is 26.1. The Labute approximate surface area is 213 Å². The van der Waals surface area contributed by atoms with E-state index < -0.39 is 11.3 Å². The first-order chi connectivity index (χ1) is 15.5. The third kappa shape index (κ3) is 4.33. The third-order valence-corrected chi connectivity index (χ3v) is 7.11. The predicted molar refractivity (Wildman–Crippen MR) is 125 cm³/mol. The molecule has 3 heterocycles. The van der Waals surface area contributed by atoms with Gasteiger partial charge >= 0.3 is 0 Å². The molecule has 1 saturated carbocycles. The van der Waals surface area contributed by atoms with E-state index in [1.54, 1.807) is 4.57 Å². The zero-order valence-corrected chi connectivity index (χ0v) is 22.5. The van der Waals surface area contributed by atoms with E-state index in [0.29, 0.717) is 19.0 Å². The molecule has 2 aromatic rings. The van der Waals surface area contributed by atoms with Crippen molar-refractivity contribution in [3.63, 3.8) is 0 Å². The van der Waals surface area contributed by atoms with Crippen LogP contribution in [0.1, 0.15) is 45.7 Å². The molecule has 0 spiro atoms. The number of carbonyl (C=O) groups is 2. The van der Waals surface area contributed by atoms with Gasteiger partial charge in [-0.3, -0.25) is 19.3 Å². The number of rotatable bonds is 4. The summed E-state index contributed by atoms with van der Waals surface area (Å²) in [7, 11) is 3.42. The van der Waals surface area contributed by atoms with Gasteiger partial charge in [0.05, 0.1) is 13.7 Å². The van der Waals surface area contributed by atoms with Crippen molar-refractivity contribution in [2.24, 2.45) is 5.92 Å². The molecule has 8 nitrogen and oxygen atoms in total. The monoisotopic (exact) mass is 638 g/mol. The Morgan fingerprint density at radius 1 is 1.15 bits per heavy atom. The van der Waals surface area contributed by atoms with Crippen LogP contribution in [-0.2, 0) is 33.5 Å². The molecule has 2 fully saturated rings. The van der Waals surface area contributed by atoms with E-state index in [1.807, 2.05) is 42.3 Å². The van der Waals surface area contributed by atoms with Gasteiger partial charge in [0.25, 0.3) is 11.8 Å². The Morgan fingerprint density at radius 2 is 1.88 bits per heavy atom. The zero-order chi connectivity index (χ0) is 22.4. The maximum absolute atomic E-state index is 13.6. The molecule has 5 rings (SSSR count). The van der Waals surface area contributed by atoms with Crippen LogP contribution in [0.3, 0.4) is 0 Å². The van der Waals surface area contributed by atoms with Gasteiger partial charge in [-0.15, -0.1) is 0 Å². The average Bonchev–Trinajstić information content (AvgIpc) is 3.26. The molecule has 3 atom stereocenters. The first-order valence-corrected chi connectivity index (χ1v) is 11.2. The minimum absolute atomic E-state index is 0. The minimum atomic E-state index is -0.551. The summed E-state index contributed by atoms with van der Waals surface area (Å²) in [5.41, 5.74) is 0.616. The minimum Gasteiger partial charge on any atom is -0.491 e. The Hall–Kier alpha value is -2.47. The van der Waals surface area contributed by atoms with Crippen molar-refractivity contribution in [3.8, 4) is 5.75 Å². The largest absolute Gasteiger partial charge is 0.491 e. The number of pyridine rings is 1. The Bertz CT molecular complexity index is 1120. The summed E-state index contributed by atoms with van der Waals surface area (Å²) in [6.07, 6.45) is 4.65. The van der Waals surface area contributed by atoms with Gasteiger partial charge in [-0.05, 0) is 31.4 Å². The molecule has 3 aliphatic rings. The number of methoxy groups -OCH3 is 1. The third-order valence-electron chi connectivity index (χ3n) is 7.11. The summed E-state index contributed by atoms with van der Waals surface area (Å²) < 4.78 is 7.14. The number of ether oxygens (including phenoxy) is 1. The maximum atomic E-state index is 13.6. The van der Waals surface area contributed by atoms with Crippen LogP contribution in [0.4, 0.5) is 0 Å². The van der Waals surface area contributed by atoms with E-state index in [9.17, 15) is 14.4 Å². The van der Waals surface area contributed by atoms with Crippen molar-refractivity contribution < 1.29 is 34.7 Å². The summed E-state index contributed by atoms with van der Waals surface area (Å²) in [6.45, 7) is 1.76. The Balaban J connectivity index is 0.00000162. The molecule has 1 radical (unpaired) electrons. The van der Waals surface area contributed by atoms with Crippen molar-refractivity contribution >= 4 is 11.8 Å². The van der Waals surface area contributed by atoms with E-state index in [2.05, 4.69) is 10.2 Å². The van der Waals surface area contributed by atoms with Crippen molar-refractivity contribution in [2.45, 2.75) is 44.6 Å². The maximum Gasteiger partial charge on any atom is 0.276 e. The molecule has 1 aromatic heterocycles. The molecule has 0 unspecified atom stereocenters. The standard InChI is InChI=1S/C24H28N4O4.CH3.Re/c1-26-12-16-9-6-10-18(16)28-19(26)14-27-13-17(21(29)22(32-2)20(27)24(28)31)23(30)25-11-15-7-4-3-5-8-15;;/h3-5,7-8,13,16,18-19H,6,9-12,14H2,1-2H3,(H,25,30);1H3;/q;-1;/t16-,18-,19-;;/m0../s1. The van der Waals surface area contributed by atoms with Crippen molar-refractivity contribution in [1.29, 1.82) is 0 Å².